The van der Waals surface area contributed by atoms with Gasteiger partial charge in [0, 0.05) is 10.9 Å². The summed E-state index contributed by atoms with van der Waals surface area (Å²) in [5, 5.41) is 16.5. The lowest BCUT2D eigenvalue weighted by atomic mass is 10.1. The van der Waals surface area contributed by atoms with Crippen LogP contribution in [0.3, 0.4) is 0 Å². The minimum Gasteiger partial charge on any atom is -0.425 e. The normalized spacial score (nSPS) is 10.6. The Kier molecular flexibility index (Phi) is 3.69. The Hall–Kier alpha value is -1.20. The van der Waals surface area contributed by atoms with Crippen LogP contribution in [0.2, 0.25) is 0 Å². The van der Waals surface area contributed by atoms with Crippen LogP contribution < -0.4 is 0 Å². The molecule has 16 heavy (non-hydrogen) atoms. The average molecular weight is 283 g/mol. The maximum Gasteiger partial charge on any atom is 0.220 e. The fourth-order valence-electron chi connectivity index (χ4n) is 1.36. The summed E-state index contributed by atoms with van der Waals surface area (Å²) in [6, 6.07) is 7.89. The molecule has 4 nitrogen and oxygen atoms in total. The number of aromatic nitrogens is 2. The van der Waals surface area contributed by atoms with Gasteiger partial charge in [-0.15, -0.1) is 10.2 Å². The topological polar surface area (TPSA) is 59.2 Å². The van der Waals surface area contributed by atoms with E-state index in [1.54, 1.807) is 0 Å². The average Bonchev–Trinajstić information content (AvgIpc) is 2.70. The van der Waals surface area contributed by atoms with Crippen molar-refractivity contribution in [3.63, 3.8) is 0 Å². The van der Waals surface area contributed by atoms with Crippen molar-refractivity contribution in [3.8, 4) is 0 Å². The first-order valence-corrected chi connectivity index (χ1v) is 5.74. The zero-order valence-electron chi connectivity index (χ0n) is 8.56. The number of benzene rings is 1. The minimum absolute atomic E-state index is 0.0245. The number of aliphatic hydroxyl groups excluding tert-OH is 1. The van der Waals surface area contributed by atoms with Crippen LogP contribution in [-0.2, 0) is 12.8 Å². The first kappa shape index (κ1) is 11.3. The Bertz CT molecular complexity index is 471. The van der Waals surface area contributed by atoms with E-state index in [4.69, 9.17) is 9.52 Å². The summed E-state index contributed by atoms with van der Waals surface area (Å²) in [7, 11) is 0. The highest BCUT2D eigenvalue weighted by molar-refractivity contribution is 9.10. The lowest BCUT2D eigenvalue weighted by Gasteiger charge is -1.99. The zero-order valence-corrected chi connectivity index (χ0v) is 10.1. The molecule has 1 N–H and O–H groups in total. The highest BCUT2D eigenvalue weighted by atomic mass is 79.9. The molecule has 2 rings (SSSR count). The molecule has 0 spiro atoms. The van der Waals surface area contributed by atoms with Crippen LogP contribution in [0.15, 0.2) is 33.2 Å². The zero-order chi connectivity index (χ0) is 11.4. The van der Waals surface area contributed by atoms with E-state index < -0.39 is 0 Å². The van der Waals surface area contributed by atoms with Gasteiger partial charge in [0.2, 0.25) is 11.8 Å². The number of hydrogen-bond acceptors (Lipinski definition) is 4. The summed E-state index contributed by atoms with van der Waals surface area (Å²) >= 11 is 3.46. The molecule has 0 aliphatic carbocycles. The van der Waals surface area contributed by atoms with Crippen LogP contribution in [-0.4, -0.2) is 21.9 Å². The van der Waals surface area contributed by atoms with Gasteiger partial charge in [0.1, 0.15) is 0 Å². The summed E-state index contributed by atoms with van der Waals surface area (Å²) in [5.41, 5.74) is 1.10. The summed E-state index contributed by atoms with van der Waals surface area (Å²) < 4.78 is 6.40. The van der Waals surface area contributed by atoms with Gasteiger partial charge in [-0.1, -0.05) is 34.1 Å². The molecule has 1 aromatic heterocycles. The molecule has 84 valence electrons. The third-order valence-electron chi connectivity index (χ3n) is 2.13. The van der Waals surface area contributed by atoms with Gasteiger partial charge in [-0.3, -0.25) is 0 Å². The second kappa shape index (κ2) is 5.23. The molecule has 1 aromatic carbocycles. The first-order chi connectivity index (χ1) is 7.79. The van der Waals surface area contributed by atoms with E-state index >= 15 is 0 Å². The van der Waals surface area contributed by atoms with Crippen molar-refractivity contribution in [1.82, 2.24) is 10.2 Å². The molecule has 2 aromatic rings. The molecule has 0 unspecified atom stereocenters. The van der Waals surface area contributed by atoms with Crippen molar-refractivity contribution in [2.24, 2.45) is 0 Å². The van der Waals surface area contributed by atoms with Gasteiger partial charge in [-0.25, -0.2) is 0 Å². The Morgan fingerprint density at radius 3 is 2.69 bits per heavy atom. The Morgan fingerprint density at radius 1 is 1.19 bits per heavy atom. The monoisotopic (exact) mass is 282 g/mol. The lowest BCUT2D eigenvalue weighted by molar-refractivity contribution is 0.283. The molecular formula is C11H11BrN2O2. The Morgan fingerprint density at radius 2 is 1.94 bits per heavy atom. The van der Waals surface area contributed by atoms with Crippen molar-refractivity contribution in [2.75, 3.05) is 6.61 Å². The molecule has 0 amide bonds. The summed E-state index contributed by atoms with van der Waals surface area (Å²) in [4.78, 5) is 0. The molecule has 0 bridgehead atoms. The maximum atomic E-state index is 8.73. The SMILES string of the molecule is OCCc1nnc(Cc2ccccc2Br)o1. The predicted molar refractivity (Wildman–Crippen MR) is 62.0 cm³/mol. The standard InChI is InChI=1S/C11H11BrN2O2/c12-9-4-2-1-3-8(9)7-11-14-13-10(16-11)5-6-15/h1-4,15H,5-7H2. The minimum atomic E-state index is 0.0245. The third-order valence-corrected chi connectivity index (χ3v) is 2.91. The van der Waals surface area contributed by atoms with E-state index in [0.717, 1.165) is 10.0 Å². The highest BCUT2D eigenvalue weighted by Gasteiger charge is 2.08. The second-order valence-electron chi connectivity index (χ2n) is 3.33. The molecule has 0 fully saturated rings. The third kappa shape index (κ3) is 2.68. The first-order valence-electron chi connectivity index (χ1n) is 4.95. The van der Waals surface area contributed by atoms with E-state index in [0.29, 0.717) is 24.6 Å². The van der Waals surface area contributed by atoms with Crippen molar-refractivity contribution in [3.05, 3.63) is 46.1 Å². The van der Waals surface area contributed by atoms with Gasteiger partial charge in [-0.2, -0.15) is 0 Å². The van der Waals surface area contributed by atoms with Crippen LogP contribution in [0, 0.1) is 0 Å². The van der Waals surface area contributed by atoms with Gasteiger partial charge in [0.15, 0.2) is 0 Å². The summed E-state index contributed by atoms with van der Waals surface area (Å²) in [6.45, 7) is 0.0245. The predicted octanol–water partition coefficient (Wildman–Crippen LogP) is 1.96. The van der Waals surface area contributed by atoms with E-state index in [2.05, 4.69) is 26.1 Å². The van der Waals surface area contributed by atoms with Crippen LogP contribution in [0.4, 0.5) is 0 Å². The van der Waals surface area contributed by atoms with Crippen molar-refractivity contribution in [2.45, 2.75) is 12.8 Å². The van der Waals surface area contributed by atoms with Crippen LogP contribution in [0.1, 0.15) is 17.3 Å². The molecular weight excluding hydrogens is 272 g/mol. The van der Waals surface area contributed by atoms with E-state index in [1.165, 1.54) is 0 Å². The largest absolute Gasteiger partial charge is 0.425 e. The number of aliphatic hydroxyl groups is 1. The van der Waals surface area contributed by atoms with Crippen molar-refractivity contribution < 1.29 is 9.52 Å². The maximum absolute atomic E-state index is 8.73. The number of rotatable bonds is 4. The molecule has 0 aliphatic rings. The van der Waals surface area contributed by atoms with Gasteiger partial charge in [0.05, 0.1) is 13.0 Å². The van der Waals surface area contributed by atoms with Crippen molar-refractivity contribution in [1.29, 1.82) is 0 Å². The van der Waals surface area contributed by atoms with E-state index in [9.17, 15) is 0 Å². The Balaban J connectivity index is 2.11. The quantitative estimate of drug-likeness (QED) is 0.931. The van der Waals surface area contributed by atoms with Gasteiger partial charge < -0.3 is 9.52 Å². The molecule has 1 heterocycles. The smallest absolute Gasteiger partial charge is 0.220 e. The molecule has 0 aliphatic heterocycles. The number of nitrogens with zero attached hydrogens (tertiary/aromatic N) is 2. The van der Waals surface area contributed by atoms with E-state index in [-0.39, 0.29) is 6.61 Å². The van der Waals surface area contributed by atoms with Crippen LogP contribution >= 0.6 is 15.9 Å². The van der Waals surface area contributed by atoms with Crippen LogP contribution in [0.5, 0.6) is 0 Å². The van der Waals surface area contributed by atoms with E-state index in [1.807, 2.05) is 24.3 Å². The summed E-state index contributed by atoms with van der Waals surface area (Å²) in [5.74, 6) is 1.04. The molecule has 5 heteroatoms. The fourth-order valence-corrected chi connectivity index (χ4v) is 1.79. The van der Waals surface area contributed by atoms with Crippen LogP contribution in [0.25, 0.3) is 0 Å². The molecule has 0 saturated carbocycles. The van der Waals surface area contributed by atoms with Gasteiger partial charge in [-0.05, 0) is 11.6 Å². The number of halogens is 1. The fraction of sp³-hybridized carbons (Fsp3) is 0.273. The number of hydrogen-bond donors (Lipinski definition) is 1. The lowest BCUT2D eigenvalue weighted by Crippen LogP contribution is -1.89. The molecule has 0 saturated heterocycles. The van der Waals surface area contributed by atoms with Gasteiger partial charge in [0.25, 0.3) is 0 Å². The molecule has 0 atom stereocenters. The second-order valence-corrected chi connectivity index (χ2v) is 4.19. The highest BCUT2D eigenvalue weighted by Crippen LogP contribution is 2.18. The summed E-state index contributed by atoms with van der Waals surface area (Å²) in [6.07, 6.45) is 1.00. The van der Waals surface area contributed by atoms with Crippen molar-refractivity contribution >= 4 is 15.9 Å². The molecule has 0 radical (unpaired) electrons. The Labute approximate surface area is 101 Å². The van der Waals surface area contributed by atoms with Gasteiger partial charge >= 0.3 is 0 Å².